The number of allylic oxidation sites excluding steroid dienone is 2. The molecule has 2 aliphatic rings. The zero-order valence-electron chi connectivity index (χ0n) is 9.06. The highest BCUT2D eigenvalue weighted by atomic mass is 16.5. The first-order valence-corrected chi connectivity index (χ1v) is 5.73. The van der Waals surface area contributed by atoms with Crippen molar-refractivity contribution in [3.05, 3.63) is 12.2 Å². The van der Waals surface area contributed by atoms with Crippen molar-refractivity contribution < 1.29 is 14.6 Å². The molecule has 84 valence electrons. The molecular weight excluding hydrogens is 192 g/mol. The Labute approximate surface area is 90.1 Å². The topological polar surface area (TPSA) is 46.5 Å². The highest BCUT2D eigenvalue weighted by Gasteiger charge is 2.47. The molecule has 4 atom stereocenters. The van der Waals surface area contributed by atoms with E-state index in [2.05, 4.69) is 19.1 Å². The van der Waals surface area contributed by atoms with Gasteiger partial charge in [-0.15, -0.1) is 0 Å². The van der Waals surface area contributed by atoms with Gasteiger partial charge in [0.15, 0.2) is 0 Å². The third-order valence-electron chi connectivity index (χ3n) is 3.70. The van der Waals surface area contributed by atoms with E-state index in [-0.39, 0.29) is 25.1 Å². The first-order valence-electron chi connectivity index (χ1n) is 5.73. The molecule has 0 aromatic heterocycles. The van der Waals surface area contributed by atoms with E-state index in [0.29, 0.717) is 17.8 Å². The van der Waals surface area contributed by atoms with Gasteiger partial charge in [0.2, 0.25) is 0 Å². The highest BCUT2D eigenvalue weighted by Crippen LogP contribution is 2.49. The molecule has 0 heterocycles. The summed E-state index contributed by atoms with van der Waals surface area (Å²) < 4.78 is 5.04. The van der Waals surface area contributed by atoms with Crippen LogP contribution in [0.15, 0.2) is 12.2 Å². The summed E-state index contributed by atoms with van der Waals surface area (Å²) in [6.45, 7) is 2.18. The minimum Gasteiger partial charge on any atom is -0.463 e. The second-order valence-electron chi connectivity index (χ2n) is 4.44. The van der Waals surface area contributed by atoms with Crippen LogP contribution < -0.4 is 0 Å². The van der Waals surface area contributed by atoms with Crippen molar-refractivity contribution in [2.75, 3.05) is 13.2 Å². The fraction of sp³-hybridized carbons (Fsp3) is 0.750. The number of fused-ring (bicyclic) bond motifs is 2. The van der Waals surface area contributed by atoms with E-state index in [1.807, 2.05) is 0 Å². The number of hydrogen-bond acceptors (Lipinski definition) is 3. The van der Waals surface area contributed by atoms with E-state index >= 15 is 0 Å². The zero-order chi connectivity index (χ0) is 10.8. The van der Waals surface area contributed by atoms with E-state index in [4.69, 9.17) is 9.84 Å². The lowest BCUT2D eigenvalue weighted by atomic mass is 9.81. The average molecular weight is 210 g/mol. The summed E-state index contributed by atoms with van der Waals surface area (Å²) in [5.41, 5.74) is 0. The van der Waals surface area contributed by atoms with Crippen molar-refractivity contribution in [1.82, 2.24) is 0 Å². The Morgan fingerprint density at radius 2 is 2.20 bits per heavy atom. The van der Waals surface area contributed by atoms with Crippen LogP contribution in [-0.2, 0) is 9.53 Å². The van der Waals surface area contributed by atoms with Gasteiger partial charge in [0, 0.05) is 0 Å². The van der Waals surface area contributed by atoms with Crippen LogP contribution in [0.5, 0.6) is 0 Å². The minimum absolute atomic E-state index is 0.0385. The molecule has 2 aliphatic carbocycles. The average Bonchev–Trinajstić information content (AvgIpc) is 2.84. The monoisotopic (exact) mass is 210 g/mol. The van der Waals surface area contributed by atoms with Crippen molar-refractivity contribution in [2.45, 2.75) is 19.8 Å². The number of ether oxygens (including phenoxy) is 1. The van der Waals surface area contributed by atoms with E-state index in [1.165, 1.54) is 0 Å². The zero-order valence-corrected chi connectivity index (χ0v) is 9.06. The van der Waals surface area contributed by atoms with Crippen LogP contribution in [0.1, 0.15) is 19.8 Å². The Balaban J connectivity index is 2.01. The molecule has 0 spiro atoms. The van der Waals surface area contributed by atoms with Crippen LogP contribution in [0.2, 0.25) is 0 Å². The van der Waals surface area contributed by atoms with Crippen molar-refractivity contribution in [3.63, 3.8) is 0 Å². The predicted molar refractivity (Wildman–Crippen MR) is 56.1 cm³/mol. The van der Waals surface area contributed by atoms with Crippen LogP contribution in [0.3, 0.4) is 0 Å². The minimum atomic E-state index is -0.118. The van der Waals surface area contributed by atoms with Gasteiger partial charge in [0.1, 0.15) is 6.61 Å². The van der Waals surface area contributed by atoms with Gasteiger partial charge in [0.25, 0.3) is 0 Å². The lowest BCUT2D eigenvalue weighted by molar-refractivity contribution is -0.152. The Bertz CT molecular complexity index is 272. The maximum Gasteiger partial charge on any atom is 0.309 e. The first kappa shape index (κ1) is 10.7. The van der Waals surface area contributed by atoms with E-state index < -0.39 is 0 Å². The number of aliphatic hydroxyl groups is 1. The Morgan fingerprint density at radius 1 is 1.47 bits per heavy atom. The van der Waals surface area contributed by atoms with Crippen LogP contribution in [0.4, 0.5) is 0 Å². The van der Waals surface area contributed by atoms with Crippen LogP contribution >= 0.6 is 0 Å². The Hall–Kier alpha value is -0.830. The van der Waals surface area contributed by atoms with Crippen molar-refractivity contribution >= 4 is 5.97 Å². The van der Waals surface area contributed by atoms with Gasteiger partial charge in [-0.05, 0) is 24.2 Å². The molecule has 15 heavy (non-hydrogen) atoms. The second kappa shape index (κ2) is 4.35. The molecule has 2 rings (SSSR count). The molecule has 1 N–H and O–H groups in total. The summed E-state index contributed by atoms with van der Waals surface area (Å²) in [6, 6.07) is 0. The third kappa shape index (κ3) is 1.81. The summed E-state index contributed by atoms with van der Waals surface area (Å²) in [7, 11) is 0. The lowest BCUT2D eigenvalue weighted by Gasteiger charge is -2.25. The molecule has 0 amide bonds. The van der Waals surface area contributed by atoms with Crippen LogP contribution in [0.25, 0.3) is 0 Å². The summed E-state index contributed by atoms with van der Waals surface area (Å²) in [6.07, 6.45) is 6.54. The molecule has 1 fully saturated rings. The number of aliphatic hydroxyl groups excluding tert-OH is 1. The third-order valence-corrected chi connectivity index (χ3v) is 3.70. The van der Waals surface area contributed by atoms with E-state index in [0.717, 1.165) is 12.8 Å². The number of rotatable bonds is 4. The summed E-state index contributed by atoms with van der Waals surface area (Å²) in [5.74, 6) is 1.33. The maximum atomic E-state index is 11.8. The van der Waals surface area contributed by atoms with E-state index in [9.17, 15) is 4.79 Å². The normalized spacial score (nSPS) is 37.2. The molecule has 1 saturated carbocycles. The molecule has 3 nitrogen and oxygen atoms in total. The number of esters is 1. The largest absolute Gasteiger partial charge is 0.463 e. The fourth-order valence-electron chi connectivity index (χ4n) is 3.07. The van der Waals surface area contributed by atoms with Gasteiger partial charge in [-0.2, -0.15) is 0 Å². The summed E-state index contributed by atoms with van der Waals surface area (Å²) >= 11 is 0. The molecule has 4 unspecified atom stereocenters. The van der Waals surface area contributed by atoms with Crippen molar-refractivity contribution in [3.8, 4) is 0 Å². The maximum absolute atomic E-state index is 11.8. The quantitative estimate of drug-likeness (QED) is 0.563. The molecule has 0 radical (unpaired) electrons. The Morgan fingerprint density at radius 3 is 2.87 bits per heavy atom. The highest BCUT2D eigenvalue weighted by molar-refractivity contribution is 5.74. The molecule has 0 saturated heterocycles. The van der Waals surface area contributed by atoms with E-state index in [1.54, 1.807) is 0 Å². The predicted octanol–water partition coefficient (Wildman–Crippen LogP) is 1.37. The SMILES string of the molecule is CCC1C2C=CC(C2)C1C(=O)OCCO. The summed E-state index contributed by atoms with van der Waals surface area (Å²) in [4.78, 5) is 11.8. The van der Waals surface area contributed by atoms with Gasteiger partial charge in [0.05, 0.1) is 12.5 Å². The number of carbonyl (C=O) groups is 1. The fourth-order valence-corrected chi connectivity index (χ4v) is 3.07. The molecule has 0 aromatic carbocycles. The van der Waals surface area contributed by atoms with Crippen LogP contribution in [0, 0.1) is 23.7 Å². The second-order valence-corrected chi connectivity index (χ2v) is 4.44. The van der Waals surface area contributed by atoms with Crippen molar-refractivity contribution in [2.24, 2.45) is 23.7 Å². The van der Waals surface area contributed by atoms with Crippen LogP contribution in [-0.4, -0.2) is 24.3 Å². The lowest BCUT2D eigenvalue weighted by Crippen LogP contribution is -2.29. The molecule has 0 aromatic rings. The summed E-state index contributed by atoms with van der Waals surface area (Å²) in [5, 5.41) is 8.62. The van der Waals surface area contributed by atoms with Gasteiger partial charge in [-0.25, -0.2) is 0 Å². The van der Waals surface area contributed by atoms with Crippen molar-refractivity contribution in [1.29, 1.82) is 0 Å². The standard InChI is InChI=1S/C12H18O3/c1-2-10-8-3-4-9(7-8)11(10)12(14)15-6-5-13/h3-4,8-11,13H,2,5-7H2,1H3. The smallest absolute Gasteiger partial charge is 0.309 e. The first-order chi connectivity index (χ1) is 7.27. The van der Waals surface area contributed by atoms with Gasteiger partial charge >= 0.3 is 5.97 Å². The Kier molecular flexibility index (Phi) is 3.10. The molecular formula is C12H18O3. The van der Waals surface area contributed by atoms with Gasteiger partial charge < -0.3 is 9.84 Å². The number of hydrogen-bond donors (Lipinski definition) is 1. The number of carbonyl (C=O) groups excluding carboxylic acids is 1. The molecule has 0 aliphatic heterocycles. The van der Waals surface area contributed by atoms with Gasteiger partial charge in [-0.3, -0.25) is 4.79 Å². The molecule has 3 heteroatoms. The van der Waals surface area contributed by atoms with Gasteiger partial charge in [-0.1, -0.05) is 25.5 Å². The molecule has 2 bridgehead atoms.